The molecular formula is C4H10AlCl3Ti-2. The smallest absolute Gasteiger partial charge is 1.00 e. The van der Waals surface area contributed by atoms with Crippen LogP contribution >= 0.6 is 0 Å². The molecule has 0 aromatic heterocycles. The van der Waals surface area contributed by atoms with Crippen molar-refractivity contribution in [1.82, 2.24) is 0 Å². The van der Waals surface area contributed by atoms with Gasteiger partial charge in [-0.2, -0.15) is 13.8 Å². The molecule has 0 spiro atoms. The Kier molecular flexibility index (Phi) is 1400. The standard InChI is InChI=1S/2C2H5.Al.3ClH.Ti/c2*1-2;;;;;/h2*1H2,2H3;;3*1H;/q2*-1;;;;;+3/p-3. The zero-order chi connectivity index (χ0) is 4.00. The molecule has 0 saturated heterocycles. The topological polar surface area (TPSA) is 0 Å². The van der Waals surface area contributed by atoms with E-state index in [0.29, 0.717) is 0 Å². The Hall–Kier alpha value is 2.12. The zero-order valence-electron chi connectivity index (χ0n) is 5.63. The van der Waals surface area contributed by atoms with Gasteiger partial charge in [-0.25, -0.2) is 0 Å². The van der Waals surface area contributed by atoms with Gasteiger partial charge in [0.2, 0.25) is 0 Å². The molecule has 0 aromatic rings. The molecule has 0 nitrogen and oxygen atoms in total. The van der Waals surface area contributed by atoms with Crippen LogP contribution in [0.25, 0.3) is 0 Å². The van der Waals surface area contributed by atoms with Crippen LogP contribution in [0.15, 0.2) is 0 Å². The summed E-state index contributed by atoms with van der Waals surface area (Å²) in [6.45, 7) is 10.0. The predicted molar refractivity (Wildman–Crippen MR) is 27.8 cm³/mol. The van der Waals surface area contributed by atoms with Crippen LogP contribution in [0.1, 0.15) is 13.8 Å². The first-order valence-electron chi connectivity index (χ1n) is 1.41. The summed E-state index contributed by atoms with van der Waals surface area (Å²) >= 11 is 0. The third kappa shape index (κ3) is 149. The predicted octanol–water partition coefficient (Wildman–Crippen LogP) is -7.69. The number of hydrogen-bond acceptors (Lipinski definition) is 0. The van der Waals surface area contributed by atoms with Gasteiger partial charge in [-0.3, -0.25) is 0 Å². The normalized spacial score (nSPS) is 1.33. The molecule has 9 heavy (non-hydrogen) atoms. The van der Waals surface area contributed by atoms with Crippen LogP contribution in [0, 0.1) is 13.8 Å². The maximum absolute atomic E-state index is 3.25. The molecule has 0 aliphatic heterocycles. The second-order valence-electron chi connectivity index (χ2n) is 0. The fourth-order valence-electron chi connectivity index (χ4n) is 0. The third-order valence-corrected chi connectivity index (χ3v) is 0. The Balaban J connectivity index is -0.00000000114. The van der Waals surface area contributed by atoms with Crippen molar-refractivity contribution in [3.05, 3.63) is 13.8 Å². The molecule has 0 aliphatic carbocycles. The van der Waals surface area contributed by atoms with Crippen molar-refractivity contribution >= 4 is 17.4 Å². The first-order valence-corrected chi connectivity index (χ1v) is 1.41. The Morgan fingerprint density at radius 2 is 0.667 bits per heavy atom. The molecule has 4 radical (unpaired) electrons. The molecule has 0 atom stereocenters. The van der Waals surface area contributed by atoms with E-state index in [4.69, 9.17) is 0 Å². The minimum Gasteiger partial charge on any atom is -1.00 e. The fourth-order valence-corrected chi connectivity index (χ4v) is 0. The van der Waals surface area contributed by atoms with Crippen molar-refractivity contribution < 1.29 is 58.9 Å². The quantitative estimate of drug-likeness (QED) is 0.291. The van der Waals surface area contributed by atoms with Gasteiger partial charge in [0, 0.05) is 17.4 Å². The van der Waals surface area contributed by atoms with Crippen LogP contribution in [0.3, 0.4) is 0 Å². The number of hydrogen-bond donors (Lipinski definition) is 0. The van der Waals surface area contributed by atoms with Crippen LogP contribution in [0.5, 0.6) is 0 Å². The summed E-state index contributed by atoms with van der Waals surface area (Å²) < 4.78 is 0. The van der Waals surface area contributed by atoms with Gasteiger partial charge in [-0.1, -0.05) is 0 Å². The third-order valence-electron chi connectivity index (χ3n) is 0. The minimum absolute atomic E-state index is 0. The van der Waals surface area contributed by atoms with E-state index in [9.17, 15) is 0 Å². The van der Waals surface area contributed by atoms with Crippen LogP contribution < -0.4 is 37.2 Å². The van der Waals surface area contributed by atoms with Gasteiger partial charge in [0.15, 0.2) is 0 Å². The second kappa shape index (κ2) is 188. The van der Waals surface area contributed by atoms with E-state index in [-0.39, 0.29) is 76.3 Å². The maximum atomic E-state index is 3.25. The summed E-state index contributed by atoms with van der Waals surface area (Å²) in [6.07, 6.45) is 0. The van der Waals surface area contributed by atoms with E-state index >= 15 is 0 Å². The van der Waals surface area contributed by atoms with Crippen LogP contribution in [-0.2, 0) is 21.7 Å². The zero-order valence-corrected chi connectivity index (χ0v) is 10.6. The Morgan fingerprint density at radius 1 is 0.667 bits per heavy atom. The van der Waals surface area contributed by atoms with E-state index in [2.05, 4.69) is 13.8 Å². The van der Waals surface area contributed by atoms with Gasteiger partial charge in [0.1, 0.15) is 0 Å². The summed E-state index contributed by atoms with van der Waals surface area (Å²) in [5, 5.41) is 0. The van der Waals surface area contributed by atoms with Gasteiger partial charge in [-0.15, -0.1) is 0 Å². The Labute approximate surface area is 103 Å². The molecule has 0 aromatic carbocycles. The molecule has 0 heterocycles. The largest absolute Gasteiger partial charge is 3.00 e. The molecule has 0 fully saturated rings. The molecule has 0 rings (SSSR count). The first-order chi connectivity index (χ1) is 2.00. The van der Waals surface area contributed by atoms with Gasteiger partial charge < -0.3 is 51.1 Å². The van der Waals surface area contributed by atoms with Crippen LogP contribution in [-0.4, -0.2) is 17.4 Å². The molecule has 0 aliphatic rings. The molecular weight excluding hydrogens is 229 g/mol. The van der Waals surface area contributed by atoms with Crippen molar-refractivity contribution in [3.63, 3.8) is 0 Å². The van der Waals surface area contributed by atoms with Gasteiger partial charge in [0.05, 0.1) is 0 Å². The summed E-state index contributed by atoms with van der Waals surface area (Å²) in [6, 6.07) is 0. The molecule has 0 bridgehead atoms. The summed E-state index contributed by atoms with van der Waals surface area (Å²) in [5.41, 5.74) is 0. The average molecular weight is 239 g/mol. The second-order valence-corrected chi connectivity index (χ2v) is 0. The van der Waals surface area contributed by atoms with Gasteiger partial charge >= 0.3 is 21.7 Å². The molecule has 0 amide bonds. The minimum atomic E-state index is 0. The summed E-state index contributed by atoms with van der Waals surface area (Å²) in [5.74, 6) is 0. The molecule has 0 saturated carbocycles. The van der Waals surface area contributed by atoms with E-state index in [1.54, 1.807) is 13.8 Å². The monoisotopic (exact) mass is 238 g/mol. The SMILES string of the molecule is [Al].[CH2-]C.[CH2-]C.[Cl-].[Cl-].[Cl-].[Ti+3]. The maximum Gasteiger partial charge on any atom is 3.00 e. The van der Waals surface area contributed by atoms with Crippen LogP contribution in [0.2, 0.25) is 0 Å². The molecule has 0 N–H and O–H groups in total. The van der Waals surface area contributed by atoms with Gasteiger partial charge in [0.25, 0.3) is 0 Å². The van der Waals surface area contributed by atoms with Crippen LogP contribution in [0.4, 0.5) is 0 Å². The van der Waals surface area contributed by atoms with E-state index < -0.39 is 0 Å². The van der Waals surface area contributed by atoms with Crippen molar-refractivity contribution in [1.29, 1.82) is 0 Å². The number of rotatable bonds is 0. The number of halogens is 3. The average Bonchev–Trinajstić information content (AvgIpc) is 1.50. The fraction of sp³-hybridized carbons (Fsp3) is 0.500. The van der Waals surface area contributed by atoms with Crippen molar-refractivity contribution in [2.45, 2.75) is 13.8 Å². The van der Waals surface area contributed by atoms with Crippen molar-refractivity contribution in [2.75, 3.05) is 0 Å². The molecule has 0 unspecified atom stereocenters. The van der Waals surface area contributed by atoms with Crippen molar-refractivity contribution in [2.24, 2.45) is 0 Å². The van der Waals surface area contributed by atoms with E-state index in [0.717, 1.165) is 0 Å². The first kappa shape index (κ1) is 67.1. The van der Waals surface area contributed by atoms with E-state index in [1.165, 1.54) is 0 Å². The Bertz CT molecular complexity index is 15.8. The molecule has 5 heteroatoms. The Morgan fingerprint density at radius 3 is 0.667 bits per heavy atom. The van der Waals surface area contributed by atoms with Crippen molar-refractivity contribution in [3.8, 4) is 0 Å². The molecule has 56 valence electrons. The van der Waals surface area contributed by atoms with Gasteiger partial charge in [-0.05, 0) is 0 Å². The van der Waals surface area contributed by atoms with E-state index in [1.807, 2.05) is 0 Å². The summed E-state index contributed by atoms with van der Waals surface area (Å²) in [7, 11) is 0. The summed E-state index contributed by atoms with van der Waals surface area (Å²) in [4.78, 5) is 0.